The van der Waals surface area contributed by atoms with E-state index < -0.39 is 4.92 Å². The van der Waals surface area contributed by atoms with Crippen molar-refractivity contribution < 1.29 is 14.5 Å². The van der Waals surface area contributed by atoms with Crippen LogP contribution >= 0.6 is 0 Å². The molecule has 0 aromatic heterocycles. The molecule has 0 N–H and O–H groups in total. The van der Waals surface area contributed by atoms with Crippen molar-refractivity contribution in [1.29, 1.82) is 0 Å². The average Bonchev–Trinajstić information content (AvgIpc) is 2.68. The van der Waals surface area contributed by atoms with Crippen LogP contribution in [-0.2, 0) is 9.59 Å². The number of anilines is 1. The molecule has 4 rings (SSSR count). The molecule has 1 aliphatic carbocycles. The van der Waals surface area contributed by atoms with Crippen molar-refractivity contribution in [3.8, 4) is 0 Å². The summed E-state index contributed by atoms with van der Waals surface area (Å²) in [4.78, 5) is 37.9. The summed E-state index contributed by atoms with van der Waals surface area (Å²) in [7, 11) is 0. The second-order valence-electron chi connectivity index (χ2n) is 7.31. The lowest BCUT2D eigenvalue weighted by molar-refractivity contribution is -0.384. The molecule has 1 aliphatic heterocycles. The third kappa shape index (κ3) is 3.11. The lowest BCUT2D eigenvalue weighted by Gasteiger charge is -2.38. The van der Waals surface area contributed by atoms with Gasteiger partial charge in [0.25, 0.3) is 5.69 Å². The maximum absolute atomic E-state index is 13.1. The second-order valence-corrected chi connectivity index (χ2v) is 7.31. The number of hydrogen-bond donors (Lipinski definition) is 0. The quantitative estimate of drug-likeness (QED) is 0.586. The molecule has 142 valence electrons. The Kier molecular flexibility index (Phi) is 4.55. The number of nitro groups is 1. The third-order valence-corrected chi connectivity index (χ3v) is 5.47. The van der Waals surface area contributed by atoms with Crippen molar-refractivity contribution in [2.24, 2.45) is 0 Å². The molecule has 1 atom stereocenters. The molecular weight excluding hydrogens is 356 g/mol. The van der Waals surface area contributed by atoms with Gasteiger partial charge in [-0.2, -0.15) is 0 Å². The monoisotopic (exact) mass is 376 g/mol. The minimum atomic E-state index is -0.468. The Morgan fingerprint density at radius 2 is 1.68 bits per heavy atom. The number of Topliss-reactive ketones (excluding diaryl/α,β-unsaturated/α-hetero) is 1. The largest absolute Gasteiger partial charge is 0.294 e. The highest BCUT2D eigenvalue weighted by atomic mass is 16.6. The fourth-order valence-corrected chi connectivity index (χ4v) is 4.10. The fraction of sp³-hybridized carbons (Fsp3) is 0.273. The first-order valence-corrected chi connectivity index (χ1v) is 9.36. The molecule has 0 saturated heterocycles. The molecule has 0 spiro atoms. The molecule has 0 bridgehead atoms. The zero-order valence-corrected chi connectivity index (χ0v) is 15.6. The summed E-state index contributed by atoms with van der Waals surface area (Å²) in [5.41, 5.74) is 4.10. The number of allylic oxidation sites excluding steroid dienone is 2. The summed E-state index contributed by atoms with van der Waals surface area (Å²) < 4.78 is 0. The van der Waals surface area contributed by atoms with Gasteiger partial charge in [0.05, 0.1) is 4.92 Å². The van der Waals surface area contributed by atoms with Gasteiger partial charge in [0.1, 0.15) is 0 Å². The summed E-state index contributed by atoms with van der Waals surface area (Å²) >= 11 is 0. The number of non-ortho nitro benzene ring substituents is 1. The van der Waals surface area contributed by atoms with Crippen LogP contribution in [0.2, 0.25) is 0 Å². The predicted octanol–water partition coefficient (Wildman–Crippen LogP) is 4.43. The van der Waals surface area contributed by atoms with Crippen LogP contribution in [0.15, 0.2) is 59.8 Å². The van der Waals surface area contributed by atoms with Crippen LogP contribution < -0.4 is 4.90 Å². The van der Waals surface area contributed by atoms with E-state index in [2.05, 4.69) is 0 Å². The van der Waals surface area contributed by atoms with Crippen molar-refractivity contribution in [3.05, 3.63) is 81.0 Å². The van der Waals surface area contributed by atoms with Crippen LogP contribution in [0.5, 0.6) is 0 Å². The van der Waals surface area contributed by atoms with E-state index in [-0.39, 0.29) is 29.7 Å². The summed E-state index contributed by atoms with van der Waals surface area (Å²) in [6.07, 6.45) is 2.05. The van der Waals surface area contributed by atoms with Gasteiger partial charge < -0.3 is 0 Å². The topological polar surface area (TPSA) is 80.5 Å². The van der Waals surface area contributed by atoms with Crippen LogP contribution in [0.1, 0.15) is 42.7 Å². The Hall–Kier alpha value is -3.28. The van der Waals surface area contributed by atoms with E-state index >= 15 is 0 Å². The van der Waals surface area contributed by atoms with E-state index in [1.165, 1.54) is 12.1 Å². The predicted molar refractivity (Wildman–Crippen MR) is 105 cm³/mol. The molecule has 6 heteroatoms. The highest BCUT2D eigenvalue weighted by molar-refractivity contribution is 6.07. The Balaban J connectivity index is 1.80. The molecule has 6 nitrogen and oxygen atoms in total. The van der Waals surface area contributed by atoms with Crippen LogP contribution in [0, 0.1) is 17.0 Å². The van der Waals surface area contributed by atoms with E-state index in [1.54, 1.807) is 17.0 Å². The summed E-state index contributed by atoms with van der Waals surface area (Å²) in [6.45, 7) is 2.00. The number of carbonyl (C=O) groups excluding carboxylic acids is 2. The van der Waals surface area contributed by atoms with Gasteiger partial charge in [-0.1, -0.05) is 29.8 Å². The maximum atomic E-state index is 13.1. The Morgan fingerprint density at radius 3 is 2.32 bits per heavy atom. The highest BCUT2D eigenvalue weighted by Crippen LogP contribution is 2.43. The number of ketones is 1. The third-order valence-electron chi connectivity index (χ3n) is 5.47. The van der Waals surface area contributed by atoms with Crippen molar-refractivity contribution >= 4 is 23.1 Å². The van der Waals surface area contributed by atoms with Crippen LogP contribution in [0.4, 0.5) is 11.4 Å². The van der Waals surface area contributed by atoms with Crippen molar-refractivity contribution in [1.82, 2.24) is 0 Å². The minimum absolute atomic E-state index is 0.0281. The average molecular weight is 376 g/mol. The van der Waals surface area contributed by atoms with Gasteiger partial charge in [-0.15, -0.1) is 0 Å². The molecular formula is C22H20N2O4. The van der Waals surface area contributed by atoms with Gasteiger partial charge in [-0.25, -0.2) is 0 Å². The lowest BCUT2D eigenvalue weighted by atomic mass is 9.77. The van der Waals surface area contributed by atoms with E-state index in [9.17, 15) is 19.7 Å². The molecule has 0 saturated carbocycles. The van der Waals surface area contributed by atoms with Gasteiger partial charge in [-0.05, 0) is 37.5 Å². The first-order valence-electron chi connectivity index (χ1n) is 9.36. The minimum Gasteiger partial charge on any atom is -0.294 e. The van der Waals surface area contributed by atoms with Gasteiger partial charge in [0.2, 0.25) is 5.91 Å². The number of aryl methyl sites for hydroxylation is 1. The number of benzene rings is 2. The SMILES string of the molecule is Cc1ccc(C2CC(=O)N(c3ccc([N+](=O)[O-])cc3)C3=C2C(=O)CCC3)cc1. The van der Waals surface area contributed by atoms with E-state index in [0.717, 1.165) is 16.8 Å². The van der Waals surface area contributed by atoms with E-state index in [4.69, 9.17) is 0 Å². The Morgan fingerprint density at radius 1 is 1.00 bits per heavy atom. The fourth-order valence-electron chi connectivity index (χ4n) is 4.10. The van der Waals surface area contributed by atoms with Crippen molar-refractivity contribution in [3.63, 3.8) is 0 Å². The van der Waals surface area contributed by atoms with Crippen LogP contribution in [0.3, 0.4) is 0 Å². The van der Waals surface area contributed by atoms with Crippen molar-refractivity contribution in [2.45, 2.75) is 38.5 Å². The first kappa shape index (κ1) is 18.1. The van der Waals surface area contributed by atoms with Gasteiger partial charge in [0, 0.05) is 47.8 Å². The Bertz CT molecular complexity index is 990. The van der Waals surface area contributed by atoms with Gasteiger partial charge >= 0.3 is 0 Å². The smallest absolute Gasteiger partial charge is 0.269 e. The van der Waals surface area contributed by atoms with Gasteiger partial charge in [-0.3, -0.25) is 24.6 Å². The highest BCUT2D eigenvalue weighted by Gasteiger charge is 2.39. The summed E-state index contributed by atoms with van der Waals surface area (Å²) in [6, 6.07) is 13.9. The molecule has 0 fully saturated rings. The van der Waals surface area contributed by atoms with Crippen LogP contribution in [0.25, 0.3) is 0 Å². The molecule has 2 aliphatic rings. The summed E-state index contributed by atoms with van der Waals surface area (Å²) in [5, 5.41) is 10.9. The molecule has 28 heavy (non-hydrogen) atoms. The standard InChI is InChI=1S/C22H20N2O4/c1-14-5-7-15(8-6-14)18-13-21(26)23(19-3-2-4-20(25)22(18)19)16-9-11-17(12-10-16)24(27)28/h5-12,18H,2-4,13H2,1H3. The molecule has 2 aromatic carbocycles. The zero-order chi connectivity index (χ0) is 19.8. The zero-order valence-electron chi connectivity index (χ0n) is 15.6. The molecule has 0 radical (unpaired) electrons. The number of nitrogens with zero attached hydrogens (tertiary/aromatic N) is 2. The Labute approximate surface area is 162 Å². The van der Waals surface area contributed by atoms with E-state index in [0.29, 0.717) is 30.5 Å². The molecule has 1 amide bonds. The number of hydrogen-bond acceptors (Lipinski definition) is 4. The number of amides is 1. The van der Waals surface area contributed by atoms with Crippen molar-refractivity contribution in [2.75, 3.05) is 4.90 Å². The number of carbonyl (C=O) groups is 2. The summed E-state index contributed by atoms with van der Waals surface area (Å²) in [5.74, 6) is -0.232. The normalized spacial score (nSPS) is 19.6. The van der Waals surface area contributed by atoms with E-state index in [1.807, 2.05) is 31.2 Å². The molecule has 1 heterocycles. The maximum Gasteiger partial charge on any atom is 0.269 e. The lowest BCUT2D eigenvalue weighted by Crippen LogP contribution is -2.40. The molecule has 1 unspecified atom stereocenters. The number of nitro benzene ring substituents is 1. The number of rotatable bonds is 3. The molecule has 2 aromatic rings. The second kappa shape index (κ2) is 7.03. The van der Waals surface area contributed by atoms with Gasteiger partial charge in [0.15, 0.2) is 5.78 Å². The van der Waals surface area contributed by atoms with Crippen LogP contribution in [-0.4, -0.2) is 16.6 Å². The first-order chi connectivity index (χ1) is 13.5.